The number of aromatic nitrogens is 4. The molecular formula is C66H44N4. The number of hydrogen-bond acceptors (Lipinski definition) is 0. The van der Waals surface area contributed by atoms with Gasteiger partial charge in [0.25, 0.3) is 0 Å². The Labute approximate surface area is 404 Å². The lowest BCUT2D eigenvalue weighted by molar-refractivity contribution is 0.650. The molecule has 0 fully saturated rings. The number of hydrogen-bond donors (Lipinski definition) is 0. The fraction of sp³-hybridized carbons (Fsp3) is 0.0303. The third kappa shape index (κ3) is 5.77. The SMILES string of the molecule is C1=CC(c2ccc3c(c2)c2ccccc2n3-c2cccc(-n3c4ccccc4c4cc(-c5cccc(-n6c7ccccc7c7ccccc76)c5)ccc43)c2)=CC(n2c3ccccc3c3ccccc32)C1. The van der Waals surface area contributed by atoms with Gasteiger partial charge in [0, 0.05) is 71.2 Å². The van der Waals surface area contributed by atoms with Gasteiger partial charge in [-0.1, -0.05) is 158 Å². The van der Waals surface area contributed by atoms with Crippen LogP contribution in [0.1, 0.15) is 18.0 Å². The molecule has 0 aliphatic heterocycles. The van der Waals surface area contributed by atoms with Crippen molar-refractivity contribution in [3.05, 3.63) is 254 Å². The number of fused-ring (bicyclic) bond motifs is 12. The maximum absolute atomic E-state index is 2.54. The molecule has 1 aliphatic carbocycles. The van der Waals surface area contributed by atoms with E-state index in [-0.39, 0.29) is 6.04 Å². The van der Waals surface area contributed by atoms with Crippen LogP contribution in [0.25, 0.3) is 121 Å². The molecule has 1 unspecified atom stereocenters. The van der Waals surface area contributed by atoms with E-state index in [4.69, 9.17) is 0 Å². The maximum Gasteiger partial charge on any atom is 0.0566 e. The zero-order chi connectivity index (χ0) is 45.9. The largest absolute Gasteiger partial charge is 0.333 e. The first-order valence-electron chi connectivity index (χ1n) is 24.4. The molecule has 0 N–H and O–H groups in total. The van der Waals surface area contributed by atoms with Gasteiger partial charge in [0.1, 0.15) is 0 Å². The molecule has 328 valence electrons. The van der Waals surface area contributed by atoms with Gasteiger partial charge >= 0.3 is 0 Å². The summed E-state index contributed by atoms with van der Waals surface area (Å²) in [6.45, 7) is 0. The van der Waals surface area contributed by atoms with Gasteiger partial charge in [0.05, 0.1) is 39.1 Å². The molecule has 4 heteroatoms. The molecule has 0 amide bonds. The molecule has 0 bridgehead atoms. The molecule has 15 rings (SSSR count). The summed E-state index contributed by atoms with van der Waals surface area (Å²) < 4.78 is 9.82. The first kappa shape index (κ1) is 38.9. The monoisotopic (exact) mass is 892 g/mol. The van der Waals surface area contributed by atoms with Crippen molar-refractivity contribution in [3.8, 4) is 28.2 Å². The second kappa shape index (κ2) is 15.2. The molecular weight excluding hydrogens is 849 g/mol. The quantitative estimate of drug-likeness (QED) is 0.158. The molecule has 1 atom stereocenters. The molecule has 4 heterocycles. The van der Waals surface area contributed by atoms with Gasteiger partial charge in [-0.05, 0) is 120 Å². The van der Waals surface area contributed by atoms with Crippen molar-refractivity contribution in [1.29, 1.82) is 0 Å². The van der Waals surface area contributed by atoms with Gasteiger partial charge in [-0.15, -0.1) is 0 Å². The normalized spacial score (nSPS) is 14.1. The third-order valence-electron chi connectivity index (χ3n) is 15.0. The van der Waals surface area contributed by atoms with Crippen molar-refractivity contribution in [2.45, 2.75) is 12.5 Å². The summed E-state index contributed by atoms with van der Waals surface area (Å²) in [5.41, 5.74) is 18.0. The predicted molar refractivity (Wildman–Crippen MR) is 295 cm³/mol. The van der Waals surface area contributed by atoms with E-state index in [1.807, 2.05) is 0 Å². The van der Waals surface area contributed by atoms with Crippen molar-refractivity contribution in [1.82, 2.24) is 18.3 Å². The maximum atomic E-state index is 2.54. The van der Waals surface area contributed by atoms with Crippen molar-refractivity contribution in [3.63, 3.8) is 0 Å². The van der Waals surface area contributed by atoms with Gasteiger partial charge in [0.2, 0.25) is 0 Å². The van der Waals surface area contributed by atoms with Crippen LogP contribution in [0.15, 0.2) is 249 Å². The van der Waals surface area contributed by atoms with Gasteiger partial charge in [0.15, 0.2) is 0 Å². The van der Waals surface area contributed by atoms with E-state index in [9.17, 15) is 0 Å². The highest BCUT2D eigenvalue weighted by atomic mass is 15.0. The van der Waals surface area contributed by atoms with E-state index in [0.29, 0.717) is 0 Å². The number of nitrogens with zero attached hydrogens (tertiary/aromatic N) is 4. The highest BCUT2D eigenvalue weighted by Crippen LogP contribution is 2.41. The molecule has 70 heavy (non-hydrogen) atoms. The fourth-order valence-corrected chi connectivity index (χ4v) is 12.0. The van der Waals surface area contributed by atoms with Gasteiger partial charge in [-0.2, -0.15) is 0 Å². The lowest BCUT2D eigenvalue weighted by atomic mass is 9.95. The Bertz CT molecular complexity index is 4420. The van der Waals surface area contributed by atoms with Crippen LogP contribution in [-0.2, 0) is 0 Å². The van der Waals surface area contributed by atoms with Crippen LogP contribution in [0.4, 0.5) is 0 Å². The topological polar surface area (TPSA) is 19.7 Å². The summed E-state index contributed by atoms with van der Waals surface area (Å²) in [4.78, 5) is 0. The van der Waals surface area contributed by atoms with Crippen LogP contribution < -0.4 is 0 Å². The smallest absolute Gasteiger partial charge is 0.0566 e. The first-order chi connectivity index (χ1) is 34.7. The Kier molecular flexibility index (Phi) is 8.45. The molecule has 1 aliphatic rings. The summed E-state index contributed by atoms with van der Waals surface area (Å²) in [6.07, 6.45) is 8.09. The van der Waals surface area contributed by atoms with E-state index in [2.05, 4.69) is 267 Å². The van der Waals surface area contributed by atoms with Gasteiger partial charge in [-0.3, -0.25) is 0 Å². The number of benzene rings is 10. The second-order valence-corrected chi connectivity index (χ2v) is 18.8. The van der Waals surface area contributed by atoms with Crippen molar-refractivity contribution >= 4 is 92.8 Å². The summed E-state index contributed by atoms with van der Waals surface area (Å²) in [5, 5.41) is 10.1. The van der Waals surface area contributed by atoms with Crippen LogP contribution in [-0.4, -0.2) is 18.3 Å². The standard InChI is InChI=1S/C66H44N4/c1-7-28-59-51(22-1)52-23-2-8-29-60(52)67(59)47-18-13-16-43(38-47)45-34-36-65-57(40-45)55-26-5-11-32-63(55)69(65)49-20-15-21-50(42-49)70-64-33-12-6-27-56(64)58-41-46(35-37-66(58)70)44-17-14-19-48(39-44)68-61-30-9-3-24-53(61)54-25-4-10-31-62(54)68/h1-18,20-42,48H,19H2. The third-order valence-corrected chi connectivity index (χ3v) is 15.0. The van der Waals surface area contributed by atoms with Crippen molar-refractivity contribution in [2.24, 2.45) is 0 Å². The second-order valence-electron chi connectivity index (χ2n) is 18.8. The van der Waals surface area contributed by atoms with Crippen LogP contribution in [0.5, 0.6) is 0 Å². The minimum Gasteiger partial charge on any atom is -0.333 e. The number of para-hydroxylation sites is 6. The summed E-state index contributed by atoms with van der Waals surface area (Å²) >= 11 is 0. The Hall–Kier alpha value is -9.12. The van der Waals surface area contributed by atoms with Gasteiger partial charge in [-0.25, -0.2) is 0 Å². The molecule has 0 spiro atoms. The van der Waals surface area contributed by atoms with E-state index >= 15 is 0 Å². The highest BCUT2D eigenvalue weighted by Gasteiger charge is 2.21. The molecule has 4 nitrogen and oxygen atoms in total. The van der Waals surface area contributed by atoms with Crippen molar-refractivity contribution in [2.75, 3.05) is 0 Å². The Balaban J connectivity index is 0.827. The molecule has 14 aromatic rings. The minimum atomic E-state index is 0.209. The van der Waals surface area contributed by atoms with Crippen LogP contribution in [0.2, 0.25) is 0 Å². The molecule has 10 aromatic carbocycles. The van der Waals surface area contributed by atoms with E-state index < -0.39 is 0 Å². The summed E-state index contributed by atoms with van der Waals surface area (Å²) in [6, 6.07) is 85.1. The Morgan fingerprint density at radius 1 is 0.286 bits per heavy atom. The number of allylic oxidation sites excluding steroid dienone is 4. The lowest BCUT2D eigenvalue weighted by Gasteiger charge is -2.21. The van der Waals surface area contributed by atoms with Crippen LogP contribution in [0, 0.1) is 0 Å². The molecule has 0 saturated carbocycles. The molecule has 4 aromatic heterocycles. The summed E-state index contributed by atoms with van der Waals surface area (Å²) in [7, 11) is 0. The zero-order valence-corrected chi connectivity index (χ0v) is 38.2. The Morgan fingerprint density at radius 2 is 0.657 bits per heavy atom. The fourth-order valence-electron chi connectivity index (χ4n) is 12.0. The Morgan fingerprint density at radius 3 is 1.17 bits per heavy atom. The average Bonchev–Trinajstić information content (AvgIpc) is 4.16. The number of rotatable bonds is 6. The first-order valence-corrected chi connectivity index (χ1v) is 24.4. The van der Waals surface area contributed by atoms with Crippen LogP contribution >= 0.6 is 0 Å². The van der Waals surface area contributed by atoms with E-state index in [1.54, 1.807) is 0 Å². The van der Waals surface area contributed by atoms with Crippen LogP contribution in [0.3, 0.4) is 0 Å². The summed E-state index contributed by atoms with van der Waals surface area (Å²) in [5.74, 6) is 0. The molecule has 0 radical (unpaired) electrons. The predicted octanol–water partition coefficient (Wildman–Crippen LogP) is 17.3. The van der Waals surface area contributed by atoms with Gasteiger partial charge < -0.3 is 18.3 Å². The lowest BCUT2D eigenvalue weighted by Crippen LogP contribution is -2.08. The zero-order valence-electron chi connectivity index (χ0n) is 38.2. The highest BCUT2D eigenvalue weighted by molar-refractivity contribution is 6.13. The van der Waals surface area contributed by atoms with Crippen molar-refractivity contribution < 1.29 is 0 Å². The van der Waals surface area contributed by atoms with E-state index in [1.165, 1.54) is 109 Å². The minimum absolute atomic E-state index is 0.209. The average molecular weight is 893 g/mol. The molecule has 0 saturated heterocycles. The van der Waals surface area contributed by atoms with E-state index in [0.717, 1.165) is 23.5 Å².